The maximum absolute atomic E-state index is 5.47. The lowest BCUT2D eigenvalue weighted by Crippen LogP contribution is -2.35. The van der Waals surface area contributed by atoms with Gasteiger partial charge in [0.25, 0.3) is 0 Å². The molecule has 1 aromatic heterocycles. The van der Waals surface area contributed by atoms with E-state index in [9.17, 15) is 0 Å². The first kappa shape index (κ1) is 16.9. The van der Waals surface area contributed by atoms with Crippen LogP contribution in [0.1, 0.15) is 40.3 Å². The molecular weight excluding hydrogens is 254 g/mol. The Morgan fingerprint density at radius 3 is 2.45 bits per heavy atom. The van der Waals surface area contributed by atoms with Gasteiger partial charge in [-0.25, -0.2) is 0 Å². The summed E-state index contributed by atoms with van der Waals surface area (Å²) in [5.41, 5.74) is 0.980. The Labute approximate surface area is 122 Å². The molecule has 0 amide bonds. The molecule has 1 aromatic rings. The van der Waals surface area contributed by atoms with Gasteiger partial charge in [-0.15, -0.1) is 5.10 Å². The average Bonchev–Trinajstić information content (AvgIpc) is 2.36. The number of aromatic nitrogens is 2. The van der Waals surface area contributed by atoms with Crippen LogP contribution in [0.3, 0.4) is 0 Å². The Bertz CT molecular complexity index is 372. The van der Waals surface area contributed by atoms with Crippen molar-refractivity contribution >= 4 is 0 Å². The molecule has 20 heavy (non-hydrogen) atoms. The second kappa shape index (κ2) is 8.17. The summed E-state index contributed by atoms with van der Waals surface area (Å²) in [5.74, 6) is 1.09. The Balaban J connectivity index is 2.25. The molecule has 114 valence electrons. The van der Waals surface area contributed by atoms with Gasteiger partial charge < -0.3 is 14.8 Å². The largest absolute Gasteiger partial charge is 0.474 e. The molecule has 0 aromatic carbocycles. The Kier molecular flexibility index (Phi) is 6.88. The first-order valence-electron chi connectivity index (χ1n) is 7.15. The number of hydrogen-bond donors (Lipinski definition) is 1. The normalized spacial score (nSPS) is 11.9. The Hall–Kier alpha value is -1.20. The van der Waals surface area contributed by atoms with Gasteiger partial charge in [-0.1, -0.05) is 13.8 Å². The fourth-order valence-electron chi connectivity index (χ4n) is 1.40. The molecule has 1 rings (SSSR count). The quantitative estimate of drug-likeness (QED) is 0.742. The minimum Gasteiger partial charge on any atom is -0.474 e. The topological polar surface area (TPSA) is 56.3 Å². The maximum atomic E-state index is 5.47. The van der Waals surface area contributed by atoms with Crippen LogP contribution >= 0.6 is 0 Å². The second-order valence-electron chi connectivity index (χ2n) is 6.28. The lowest BCUT2D eigenvalue weighted by molar-refractivity contribution is 0.0803. The van der Waals surface area contributed by atoms with E-state index in [2.05, 4.69) is 50.1 Å². The van der Waals surface area contributed by atoms with Crippen molar-refractivity contribution in [1.29, 1.82) is 0 Å². The van der Waals surface area contributed by atoms with E-state index >= 15 is 0 Å². The summed E-state index contributed by atoms with van der Waals surface area (Å²) in [4.78, 5) is 0. The van der Waals surface area contributed by atoms with Gasteiger partial charge in [0, 0.05) is 24.8 Å². The zero-order chi connectivity index (χ0) is 15.0. The van der Waals surface area contributed by atoms with Crippen molar-refractivity contribution in [2.24, 2.45) is 5.92 Å². The number of nitrogens with one attached hydrogen (secondary N) is 1. The van der Waals surface area contributed by atoms with Crippen molar-refractivity contribution in [3.8, 4) is 5.88 Å². The second-order valence-corrected chi connectivity index (χ2v) is 6.28. The molecule has 1 heterocycles. The Morgan fingerprint density at radius 2 is 1.90 bits per heavy atom. The molecule has 0 bridgehead atoms. The lowest BCUT2D eigenvalue weighted by atomic mass is 10.1. The van der Waals surface area contributed by atoms with Gasteiger partial charge in [-0.3, -0.25) is 0 Å². The third-order valence-corrected chi connectivity index (χ3v) is 2.42. The fourth-order valence-corrected chi connectivity index (χ4v) is 1.40. The zero-order valence-electron chi connectivity index (χ0n) is 13.3. The first-order chi connectivity index (χ1) is 9.37. The molecule has 5 nitrogen and oxygen atoms in total. The highest BCUT2D eigenvalue weighted by Crippen LogP contribution is 2.06. The number of nitrogens with zero attached hydrogens (tertiary/aromatic N) is 2. The van der Waals surface area contributed by atoms with Gasteiger partial charge in [-0.05, 0) is 32.8 Å². The van der Waals surface area contributed by atoms with Crippen molar-refractivity contribution in [2.75, 3.05) is 19.8 Å². The predicted molar refractivity (Wildman–Crippen MR) is 79.8 cm³/mol. The summed E-state index contributed by atoms with van der Waals surface area (Å²) < 4.78 is 10.9. The minimum absolute atomic E-state index is 0.0740. The van der Waals surface area contributed by atoms with Crippen molar-refractivity contribution in [2.45, 2.75) is 46.7 Å². The lowest BCUT2D eigenvalue weighted by Gasteiger charge is -2.19. The fraction of sp³-hybridized carbons (Fsp3) is 0.733. The first-order valence-corrected chi connectivity index (χ1v) is 7.15. The van der Waals surface area contributed by atoms with Crippen LogP contribution < -0.4 is 10.1 Å². The van der Waals surface area contributed by atoms with Gasteiger partial charge in [-0.2, -0.15) is 5.10 Å². The summed E-state index contributed by atoms with van der Waals surface area (Å²) >= 11 is 0. The van der Waals surface area contributed by atoms with E-state index in [1.165, 1.54) is 0 Å². The van der Waals surface area contributed by atoms with Crippen LogP contribution in [0.5, 0.6) is 5.88 Å². The molecule has 0 radical (unpaired) electrons. The smallest absolute Gasteiger partial charge is 0.233 e. The summed E-state index contributed by atoms with van der Waals surface area (Å²) in [6.45, 7) is 13.1. The van der Waals surface area contributed by atoms with Crippen LogP contribution in [-0.4, -0.2) is 35.6 Å². The molecule has 0 aliphatic carbocycles. The van der Waals surface area contributed by atoms with Crippen LogP contribution in [0.4, 0.5) is 0 Å². The summed E-state index contributed by atoms with van der Waals surface area (Å²) in [7, 11) is 0. The van der Waals surface area contributed by atoms with E-state index in [1.54, 1.807) is 0 Å². The standard InChI is InChI=1S/C15H27N3O2/c1-12(2)11-19-8-9-20-14-7-6-13(17-18-14)10-16-15(3,4)5/h6-7,12,16H,8-11H2,1-5H3. The van der Waals surface area contributed by atoms with E-state index in [4.69, 9.17) is 9.47 Å². The highest BCUT2D eigenvalue weighted by molar-refractivity contribution is 5.11. The van der Waals surface area contributed by atoms with Crippen molar-refractivity contribution in [1.82, 2.24) is 15.5 Å². The van der Waals surface area contributed by atoms with E-state index in [0.717, 1.165) is 12.3 Å². The predicted octanol–water partition coefficient (Wildman–Crippen LogP) is 2.42. The number of hydrogen-bond acceptors (Lipinski definition) is 5. The molecule has 0 saturated carbocycles. The van der Waals surface area contributed by atoms with Crippen LogP contribution in [0.15, 0.2) is 12.1 Å². The SMILES string of the molecule is CC(C)COCCOc1ccc(CNC(C)(C)C)nn1. The molecule has 1 N–H and O–H groups in total. The van der Waals surface area contributed by atoms with E-state index < -0.39 is 0 Å². The van der Waals surface area contributed by atoms with Crippen LogP contribution in [0.25, 0.3) is 0 Å². The van der Waals surface area contributed by atoms with Crippen molar-refractivity contribution in [3.63, 3.8) is 0 Å². The molecule has 0 saturated heterocycles. The molecule has 0 spiro atoms. The van der Waals surface area contributed by atoms with Gasteiger partial charge in [0.05, 0.1) is 12.3 Å². The van der Waals surface area contributed by atoms with Crippen LogP contribution in [-0.2, 0) is 11.3 Å². The number of ether oxygens (including phenoxy) is 2. The zero-order valence-corrected chi connectivity index (χ0v) is 13.3. The van der Waals surface area contributed by atoms with Gasteiger partial charge in [0.1, 0.15) is 6.61 Å². The molecule has 0 atom stereocenters. The van der Waals surface area contributed by atoms with Gasteiger partial charge in [0.15, 0.2) is 0 Å². The van der Waals surface area contributed by atoms with Crippen molar-refractivity contribution in [3.05, 3.63) is 17.8 Å². The molecule has 5 heteroatoms. The molecule has 0 aliphatic rings. The molecule has 0 fully saturated rings. The minimum atomic E-state index is 0.0740. The van der Waals surface area contributed by atoms with Gasteiger partial charge >= 0.3 is 0 Å². The average molecular weight is 281 g/mol. The molecular formula is C15H27N3O2. The third-order valence-electron chi connectivity index (χ3n) is 2.42. The van der Waals surface area contributed by atoms with Crippen LogP contribution in [0, 0.1) is 5.92 Å². The Morgan fingerprint density at radius 1 is 1.15 bits per heavy atom. The highest BCUT2D eigenvalue weighted by atomic mass is 16.5. The van der Waals surface area contributed by atoms with E-state index in [-0.39, 0.29) is 5.54 Å². The van der Waals surface area contributed by atoms with Crippen LogP contribution in [0.2, 0.25) is 0 Å². The van der Waals surface area contributed by atoms with Crippen molar-refractivity contribution < 1.29 is 9.47 Å². The van der Waals surface area contributed by atoms with E-state index in [0.29, 0.717) is 31.6 Å². The molecule has 0 aliphatic heterocycles. The van der Waals surface area contributed by atoms with Gasteiger partial charge in [0.2, 0.25) is 5.88 Å². The molecule has 0 unspecified atom stereocenters. The summed E-state index contributed by atoms with van der Waals surface area (Å²) in [5, 5.41) is 11.5. The highest BCUT2D eigenvalue weighted by Gasteiger charge is 2.09. The monoisotopic (exact) mass is 281 g/mol. The van der Waals surface area contributed by atoms with E-state index in [1.807, 2.05) is 12.1 Å². The summed E-state index contributed by atoms with van der Waals surface area (Å²) in [6.07, 6.45) is 0. The summed E-state index contributed by atoms with van der Waals surface area (Å²) in [6, 6.07) is 3.77. The maximum Gasteiger partial charge on any atom is 0.233 e. The number of rotatable bonds is 8. The third kappa shape index (κ3) is 8.07.